The average Bonchev–Trinajstić information content (AvgIpc) is 3.29. The van der Waals surface area contributed by atoms with Crippen LogP contribution < -0.4 is 14.8 Å². The van der Waals surface area contributed by atoms with Gasteiger partial charge in [0.25, 0.3) is 5.91 Å². The van der Waals surface area contributed by atoms with E-state index in [9.17, 15) is 10.1 Å². The third-order valence-corrected chi connectivity index (χ3v) is 4.62. The van der Waals surface area contributed by atoms with E-state index in [1.54, 1.807) is 25.3 Å². The van der Waals surface area contributed by atoms with Crippen molar-refractivity contribution in [2.75, 3.05) is 20.3 Å². The minimum Gasteiger partial charge on any atom is -0.493 e. The van der Waals surface area contributed by atoms with Crippen molar-refractivity contribution in [3.63, 3.8) is 0 Å². The molecule has 6 heteroatoms. The minimum atomic E-state index is -0.411. The number of nitrogens with one attached hydrogen (secondary N) is 1. The summed E-state index contributed by atoms with van der Waals surface area (Å²) < 4.78 is 16.7. The number of benzene rings is 2. The molecule has 2 aromatic carbocycles. The smallest absolute Gasteiger partial charge is 0.262 e. The summed E-state index contributed by atoms with van der Waals surface area (Å²) in [6.45, 7) is 1.55. The Morgan fingerprint density at radius 3 is 2.79 bits per heavy atom. The molecule has 1 atom stereocenters. The van der Waals surface area contributed by atoms with E-state index in [0.717, 1.165) is 25.0 Å². The van der Waals surface area contributed by atoms with Gasteiger partial charge in [0.2, 0.25) is 0 Å². The molecular formula is C23H24N2O4. The van der Waals surface area contributed by atoms with Crippen LogP contribution in [0.4, 0.5) is 0 Å². The van der Waals surface area contributed by atoms with Gasteiger partial charge in [-0.25, -0.2) is 0 Å². The number of hydrogen-bond donors (Lipinski definition) is 1. The van der Waals surface area contributed by atoms with Crippen LogP contribution in [0.5, 0.6) is 11.5 Å². The van der Waals surface area contributed by atoms with Gasteiger partial charge in [0.05, 0.1) is 13.2 Å². The molecule has 0 spiro atoms. The van der Waals surface area contributed by atoms with Gasteiger partial charge in [0.1, 0.15) is 18.2 Å². The van der Waals surface area contributed by atoms with Crippen molar-refractivity contribution < 1.29 is 19.0 Å². The van der Waals surface area contributed by atoms with Gasteiger partial charge in [-0.1, -0.05) is 36.4 Å². The number of carbonyl (C=O) groups excluding carboxylic acids is 1. The second-order valence-electron chi connectivity index (χ2n) is 6.70. The first-order valence-corrected chi connectivity index (χ1v) is 9.56. The summed E-state index contributed by atoms with van der Waals surface area (Å²) in [5.41, 5.74) is 1.76. The summed E-state index contributed by atoms with van der Waals surface area (Å²) in [6, 6.07) is 17.1. The van der Waals surface area contributed by atoms with Crippen LogP contribution in [0.3, 0.4) is 0 Å². The van der Waals surface area contributed by atoms with Crippen LogP contribution in [0.15, 0.2) is 54.1 Å². The van der Waals surface area contributed by atoms with Crippen molar-refractivity contribution in [2.45, 2.75) is 25.6 Å². The van der Waals surface area contributed by atoms with Gasteiger partial charge in [-0.2, -0.15) is 5.26 Å². The molecule has 6 nitrogen and oxygen atoms in total. The molecule has 0 aliphatic carbocycles. The van der Waals surface area contributed by atoms with Crippen LogP contribution in [0.1, 0.15) is 24.0 Å². The van der Waals surface area contributed by atoms with Crippen molar-refractivity contribution in [1.29, 1.82) is 5.26 Å². The van der Waals surface area contributed by atoms with E-state index in [2.05, 4.69) is 5.32 Å². The van der Waals surface area contributed by atoms with Crippen LogP contribution in [0.2, 0.25) is 0 Å². The monoisotopic (exact) mass is 392 g/mol. The lowest BCUT2D eigenvalue weighted by Gasteiger charge is -2.12. The summed E-state index contributed by atoms with van der Waals surface area (Å²) in [5, 5.41) is 12.1. The third-order valence-electron chi connectivity index (χ3n) is 4.62. The second-order valence-corrected chi connectivity index (χ2v) is 6.70. The van der Waals surface area contributed by atoms with Crippen LogP contribution in [-0.4, -0.2) is 32.3 Å². The summed E-state index contributed by atoms with van der Waals surface area (Å²) >= 11 is 0. The number of rotatable bonds is 8. The molecule has 0 bridgehead atoms. The van der Waals surface area contributed by atoms with Crippen LogP contribution in [-0.2, 0) is 16.1 Å². The SMILES string of the molecule is COc1cc(/C=C(\C#N)C(=O)NC[C@H]2CCCO2)ccc1OCc1ccccc1. The maximum Gasteiger partial charge on any atom is 0.262 e. The zero-order valence-electron chi connectivity index (χ0n) is 16.4. The summed E-state index contributed by atoms with van der Waals surface area (Å²) in [5.74, 6) is 0.716. The zero-order chi connectivity index (χ0) is 20.5. The first-order valence-electron chi connectivity index (χ1n) is 9.56. The molecular weight excluding hydrogens is 368 g/mol. The molecule has 0 unspecified atom stereocenters. The normalized spacial score (nSPS) is 16.1. The van der Waals surface area contributed by atoms with Crippen molar-refractivity contribution in [3.8, 4) is 17.6 Å². The van der Waals surface area contributed by atoms with E-state index in [4.69, 9.17) is 14.2 Å². The standard InChI is InChI=1S/C23H24N2O4/c1-27-22-13-18(9-10-21(22)29-16-17-6-3-2-4-7-17)12-19(14-24)23(26)25-15-20-8-5-11-28-20/h2-4,6-7,9-10,12-13,20H,5,8,11,15-16H2,1H3,(H,25,26)/b19-12+/t20-/m1/s1. The van der Waals surface area contributed by atoms with E-state index in [-0.39, 0.29) is 11.7 Å². The zero-order valence-corrected chi connectivity index (χ0v) is 16.4. The average molecular weight is 392 g/mol. The fourth-order valence-corrected chi connectivity index (χ4v) is 3.05. The first kappa shape index (κ1) is 20.4. The number of hydrogen-bond acceptors (Lipinski definition) is 5. The number of nitriles is 1. The molecule has 1 aliphatic rings. The minimum absolute atomic E-state index is 0.0278. The molecule has 0 saturated carbocycles. The first-order chi connectivity index (χ1) is 14.2. The van der Waals surface area contributed by atoms with Crippen molar-refractivity contribution in [3.05, 3.63) is 65.2 Å². The van der Waals surface area contributed by atoms with Crippen molar-refractivity contribution in [1.82, 2.24) is 5.32 Å². The van der Waals surface area contributed by atoms with Crippen molar-refractivity contribution in [2.24, 2.45) is 0 Å². The molecule has 3 rings (SSSR count). The van der Waals surface area contributed by atoms with Gasteiger partial charge in [0, 0.05) is 13.2 Å². The Hall–Kier alpha value is -3.30. The number of ether oxygens (including phenoxy) is 3. The summed E-state index contributed by atoms with van der Waals surface area (Å²) in [4.78, 5) is 12.3. The largest absolute Gasteiger partial charge is 0.493 e. The summed E-state index contributed by atoms with van der Waals surface area (Å²) in [6.07, 6.45) is 3.49. The predicted molar refractivity (Wildman–Crippen MR) is 109 cm³/mol. The Morgan fingerprint density at radius 1 is 1.28 bits per heavy atom. The van der Waals surface area contributed by atoms with E-state index in [0.29, 0.717) is 30.2 Å². The Bertz CT molecular complexity index is 897. The summed E-state index contributed by atoms with van der Waals surface area (Å²) in [7, 11) is 1.55. The Labute approximate surface area is 170 Å². The van der Waals surface area contributed by atoms with Gasteiger partial charge in [-0.05, 0) is 42.2 Å². The number of amides is 1. The highest BCUT2D eigenvalue weighted by Gasteiger charge is 2.17. The lowest BCUT2D eigenvalue weighted by atomic mass is 10.1. The molecule has 1 saturated heterocycles. The Balaban J connectivity index is 1.66. The molecule has 1 amide bonds. The number of carbonyl (C=O) groups is 1. The fourth-order valence-electron chi connectivity index (χ4n) is 3.05. The van der Waals surface area contributed by atoms with E-state index in [1.165, 1.54) is 6.08 Å². The predicted octanol–water partition coefficient (Wildman–Crippen LogP) is 3.48. The maximum atomic E-state index is 12.3. The van der Waals surface area contributed by atoms with Crippen molar-refractivity contribution >= 4 is 12.0 Å². The molecule has 0 radical (unpaired) electrons. The van der Waals surface area contributed by atoms with Gasteiger partial charge in [-0.3, -0.25) is 4.79 Å². The lowest BCUT2D eigenvalue weighted by Crippen LogP contribution is -2.32. The molecule has 150 valence electrons. The highest BCUT2D eigenvalue weighted by molar-refractivity contribution is 6.01. The van der Waals surface area contributed by atoms with E-state index >= 15 is 0 Å². The molecule has 2 aromatic rings. The van der Waals surface area contributed by atoms with Crippen LogP contribution >= 0.6 is 0 Å². The van der Waals surface area contributed by atoms with E-state index < -0.39 is 5.91 Å². The highest BCUT2D eigenvalue weighted by Crippen LogP contribution is 2.29. The molecule has 1 fully saturated rings. The Kier molecular flexibility index (Phi) is 7.26. The molecule has 29 heavy (non-hydrogen) atoms. The third kappa shape index (κ3) is 5.84. The molecule has 0 aromatic heterocycles. The van der Waals surface area contributed by atoms with Crippen LogP contribution in [0.25, 0.3) is 6.08 Å². The maximum absolute atomic E-state index is 12.3. The van der Waals surface area contributed by atoms with Gasteiger partial charge < -0.3 is 19.5 Å². The van der Waals surface area contributed by atoms with E-state index in [1.807, 2.05) is 36.4 Å². The van der Waals surface area contributed by atoms with Gasteiger partial charge >= 0.3 is 0 Å². The second kappa shape index (κ2) is 10.3. The highest BCUT2D eigenvalue weighted by atomic mass is 16.5. The van der Waals surface area contributed by atoms with Crippen LogP contribution in [0, 0.1) is 11.3 Å². The Morgan fingerprint density at radius 2 is 2.10 bits per heavy atom. The van der Waals surface area contributed by atoms with Gasteiger partial charge in [-0.15, -0.1) is 0 Å². The van der Waals surface area contributed by atoms with Gasteiger partial charge in [0.15, 0.2) is 11.5 Å². The molecule has 1 aliphatic heterocycles. The molecule has 1 heterocycles. The number of methoxy groups -OCH3 is 1. The number of nitrogens with zero attached hydrogens (tertiary/aromatic N) is 1. The topological polar surface area (TPSA) is 80.6 Å². The quantitative estimate of drug-likeness (QED) is 0.550. The molecule has 1 N–H and O–H groups in total. The lowest BCUT2D eigenvalue weighted by molar-refractivity contribution is -0.117. The fraction of sp³-hybridized carbons (Fsp3) is 0.304.